The van der Waals surface area contributed by atoms with Crippen molar-refractivity contribution in [1.29, 1.82) is 0 Å². The van der Waals surface area contributed by atoms with Gasteiger partial charge in [-0.15, -0.1) is 24.0 Å². The van der Waals surface area contributed by atoms with E-state index in [1.165, 1.54) is 5.56 Å². The number of halogens is 2. The number of aryl methyl sites for hydroxylation is 1. The SMILES string of the molecule is CN=C(NCCOc1ccc(Cl)cn1)NCc1ccc(C)cc1OCC1CCOC1.I. The lowest BCUT2D eigenvalue weighted by Crippen LogP contribution is -2.39. The average molecular weight is 561 g/mol. The van der Waals surface area contributed by atoms with Gasteiger partial charge < -0.3 is 24.8 Å². The van der Waals surface area contributed by atoms with Crippen molar-refractivity contribution < 1.29 is 14.2 Å². The van der Waals surface area contributed by atoms with Crippen LogP contribution in [0.1, 0.15) is 17.5 Å². The number of guanidine groups is 1. The Hall–Kier alpha value is -1.78. The highest BCUT2D eigenvalue weighted by atomic mass is 127. The first-order chi connectivity index (χ1) is 14.6. The fraction of sp³-hybridized carbons (Fsp3) is 0.455. The Morgan fingerprint density at radius 1 is 1.26 bits per heavy atom. The number of aliphatic imine (C=N–C) groups is 1. The van der Waals surface area contributed by atoms with Gasteiger partial charge in [-0.1, -0.05) is 23.7 Å². The molecule has 1 aromatic heterocycles. The second-order valence-corrected chi connectivity index (χ2v) is 7.60. The molecule has 1 saturated heterocycles. The van der Waals surface area contributed by atoms with Gasteiger partial charge in [0.05, 0.1) is 24.8 Å². The largest absolute Gasteiger partial charge is 0.493 e. The van der Waals surface area contributed by atoms with Crippen molar-refractivity contribution in [2.75, 3.05) is 40.0 Å². The van der Waals surface area contributed by atoms with Crippen molar-refractivity contribution >= 4 is 41.5 Å². The summed E-state index contributed by atoms with van der Waals surface area (Å²) in [5.74, 6) is 2.61. The van der Waals surface area contributed by atoms with Crippen molar-refractivity contribution in [3.8, 4) is 11.6 Å². The molecule has 0 bridgehead atoms. The van der Waals surface area contributed by atoms with Gasteiger partial charge in [-0.3, -0.25) is 4.99 Å². The van der Waals surface area contributed by atoms with E-state index in [9.17, 15) is 0 Å². The van der Waals surface area contributed by atoms with Crippen LogP contribution in [0.4, 0.5) is 0 Å². The van der Waals surface area contributed by atoms with Crippen molar-refractivity contribution in [2.45, 2.75) is 19.9 Å². The summed E-state index contributed by atoms with van der Waals surface area (Å²) in [6, 6.07) is 9.75. The summed E-state index contributed by atoms with van der Waals surface area (Å²) in [6.07, 6.45) is 2.62. The summed E-state index contributed by atoms with van der Waals surface area (Å²) in [4.78, 5) is 8.37. The number of hydrogen-bond donors (Lipinski definition) is 2. The van der Waals surface area contributed by atoms with Gasteiger partial charge in [0.1, 0.15) is 12.4 Å². The molecule has 0 amide bonds. The molecule has 0 radical (unpaired) electrons. The molecule has 2 aromatic rings. The average Bonchev–Trinajstić information content (AvgIpc) is 3.27. The van der Waals surface area contributed by atoms with Gasteiger partial charge in [-0.05, 0) is 31.0 Å². The Morgan fingerprint density at radius 2 is 2.13 bits per heavy atom. The standard InChI is InChI=1S/C22H29ClN4O3.HI/c1-16-3-4-18(20(11-16)30-15-17-7-9-28-14-17)12-27-22(24-2)25-8-10-29-21-6-5-19(23)13-26-21;/h3-6,11,13,17H,7-10,12,14-15H2,1-2H3,(H2,24,25,27);1H. The van der Waals surface area contributed by atoms with Crippen LogP contribution < -0.4 is 20.1 Å². The highest BCUT2D eigenvalue weighted by Gasteiger charge is 2.17. The normalized spacial score (nSPS) is 15.8. The zero-order valence-corrected chi connectivity index (χ0v) is 21.0. The molecule has 3 rings (SSSR count). The third kappa shape index (κ3) is 8.70. The number of nitrogens with one attached hydrogen (secondary N) is 2. The monoisotopic (exact) mass is 560 g/mol. The Labute approximate surface area is 205 Å². The smallest absolute Gasteiger partial charge is 0.213 e. The maximum atomic E-state index is 6.11. The fourth-order valence-electron chi connectivity index (χ4n) is 3.04. The van der Waals surface area contributed by atoms with E-state index < -0.39 is 0 Å². The molecule has 1 unspecified atom stereocenters. The molecular formula is C22H30ClIN4O3. The minimum atomic E-state index is 0. The van der Waals surface area contributed by atoms with Gasteiger partial charge in [0, 0.05) is 43.9 Å². The Balaban J connectivity index is 0.00000341. The summed E-state index contributed by atoms with van der Waals surface area (Å²) < 4.78 is 17.1. The van der Waals surface area contributed by atoms with Crippen molar-refractivity contribution in [1.82, 2.24) is 15.6 Å². The van der Waals surface area contributed by atoms with Crippen molar-refractivity contribution in [3.63, 3.8) is 0 Å². The van der Waals surface area contributed by atoms with E-state index in [1.54, 1.807) is 25.4 Å². The van der Waals surface area contributed by atoms with E-state index >= 15 is 0 Å². The number of rotatable bonds is 9. The maximum Gasteiger partial charge on any atom is 0.213 e. The molecular weight excluding hydrogens is 531 g/mol. The summed E-state index contributed by atoms with van der Waals surface area (Å²) >= 11 is 5.82. The lowest BCUT2D eigenvalue weighted by molar-refractivity contribution is 0.166. The maximum absolute atomic E-state index is 6.11. The Morgan fingerprint density at radius 3 is 2.84 bits per heavy atom. The van der Waals surface area contributed by atoms with Gasteiger partial charge in [0.25, 0.3) is 0 Å². The van der Waals surface area contributed by atoms with Crippen LogP contribution in [-0.2, 0) is 11.3 Å². The van der Waals surface area contributed by atoms with Crippen LogP contribution in [0, 0.1) is 12.8 Å². The number of nitrogens with zero attached hydrogens (tertiary/aromatic N) is 2. The highest BCUT2D eigenvalue weighted by molar-refractivity contribution is 14.0. The molecule has 0 spiro atoms. The molecule has 0 aliphatic carbocycles. The molecule has 1 aliphatic rings. The van der Waals surface area contributed by atoms with Crippen LogP contribution in [0.2, 0.25) is 5.02 Å². The van der Waals surface area contributed by atoms with E-state index in [0.717, 1.165) is 30.9 Å². The molecule has 2 N–H and O–H groups in total. The first-order valence-corrected chi connectivity index (χ1v) is 10.5. The second kappa shape index (κ2) is 13.6. The lowest BCUT2D eigenvalue weighted by atomic mass is 10.1. The molecule has 31 heavy (non-hydrogen) atoms. The minimum Gasteiger partial charge on any atom is -0.493 e. The van der Waals surface area contributed by atoms with E-state index in [2.05, 4.69) is 45.7 Å². The predicted octanol–water partition coefficient (Wildman–Crippen LogP) is 3.82. The van der Waals surface area contributed by atoms with Gasteiger partial charge >= 0.3 is 0 Å². The molecule has 2 heterocycles. The first-order valence-electron chi connectivity index (χ1n) is 10.1. The lowest BCUT2D eigenvalue weighted by Gasteiger charge is -2.17. The second-order valence-electron chi connectivity index (χ2n) is 7.17. The third-order valence-electron chi connectivity index (χ3n) is 4.74. The van der Waals surface area contributed by atoms with Crippen LogP contribution in [-0.4, -0.2) is 51.0 Å². The van der Waals surface area contributed by atoms with Crippen LogP contribution in [0.25, 0.3) is 0 Å². The third-order valence-corrected chi connectivity index (χ3v) is 4.96. The minimum absolute atomic E-state index is 0. The Kier molecular flexibility index (Phi) is 11.2. The van der Waals surface area contributed by atoms with Crippen LogP contribution in [0.3, 0.4) is 0 Å². The highest BCUT2D eigenvalue weighted by Crippen LogP contribution is 2.22. The molecule has 1 aromatic carbocycles. The van der Waals surface area contributed by atoms with E-state index in [-0.39, 0.29) is 24.0 Å². The number of ether oxygens (including phenoxy) is 3. The molecule has 1 fully saturated rings. The zero-order chi connectivity index (χ0) is 21.2. The van der Waals surface area contributed by atoms with E-state index in [0.29, 0.717) is 49.1 Å². The van der Waals surface area contributed by atoms with E-state index in [4.69, 9.17) is 25.8 Å². The van der Waals surface area contributed by atoms with Crippen LogP contribution in [0.15, 0.2) is 41.5 Å². The topological polar surface area (TPSA) is 77.0 Å². The van der Waals surface area contributed by atoms with Crippen molar-refractivity contribution in [3.05, 3.63) is 52.7 Å². The summed E-state index contributed by atoms with van der Waals surface area (Å²) in [5.41, 5.74) is 2.26. The zero-order valence-electron chi connectivity index (χ0n) is 17.9. The molecule has 0 saturated carbocycles. The molecule has 170 valence electrons. The quantitative estimate of drug-likeness (QED) is 0.210. The molecule has 7 nitrogen and oxygen atoms in total. The summed E-state index contributed by atoms with van der Waals surface area (Å²) in [5, 5.41) is 7.14. The van der Waals surface area contributed by atoms with Crippen molar-refractivity contribution in [2.24, 2.45) is 10.9 Å². The molecule has 1 aliphatic heterocycles. The summed E-state index contributed by atoms with van der Waals surface area (Å²) in [6.45, 7) is 6.01. The molecule has 1 atom stereocenters. The summed E-state index contributed by atoms with van der Waals surface area (Å²) in [7, 11) is 1.74. The number of hydrogen-bond acceptors (Lipinski definition) is 5. The van der Waals surface area contributed by atoms with E-state index in [1.807, 2.05) is 0 Å². The van der Waals surface area contributed by atoms with Gasteiger partial charge in [-0.2, -0.15) is 0 Å². The fourth-order valence-corrected chi connectivity index (χ4v) is 3.15. The number of aromatic nitrogens is 1. The Bertz CT molecular complexity index is 830. The molecule has 9 heteroatoms. The predicted molar refractivity (Wildman–Crippen MR) is 134 cm³/mol. The van der Waals surface area contributed by atoms with Crippen LogP contribution in [0.5, 0.6) is 11.6 Å². The first kappa shape index (κ1) is 25.5. The van der Waals surface area contributed by atoms with Crippen LogP contribution >= 0.6 is 35.6 Å². The number of benzene rings is 1. The van der Waals surface area contributed by atoms with Gasteiger partial charge in [-0.25, -0.2) is 4.98 Å². The number of pyridine rings is 1. The van der Waals surface area contributed by atoms with Gasteiger partial charge in [0.15, 0.2) is 5.96 Å². The van der Waals surface area contributed by atoms with Gasteiger partial charge in [0.2, 0.25) is 5.88 Å².